The first kappa shape index (κ1) is 32.4. The number of hydrogen-bond donors (Lipinski definition) is 1. The molecule has 9 nitrogen and oxygen atoms in total. The second kappa shape index (κ2) is 14.7. The minimum atomic E-state index is -3.65. The summed E-state index contributed by atoms with van der Waals surface area (Å²) in [7, 11) is -2.16. The van der Waals surface area contributed by atoms with Crippen LogP contribution < -0.4 is 14.8 Å². The van der Waals surface area contributed by atoms with Crippen molar-refractivity contribution < 1.29 is 32.3 Å². The maximum absolute atomic E-state index is 14.1. The number of halogens is 1. The number of anilines is 1. The van der Waals surface area contributed by atoms with Gasteiger partial charge < -0.3 is 14.8 Å². The molecule has 224 valence electrons. The minimum Gasteiger partial charge on any atom is -0.493 e. The van der Waals surface area contributed by atoms with Gasteiger partial charge in [-0.2, -0.15) is 0 Å². The summed E-state index contributed by atoms with van der Waals surface area (Å²) < 4.78 is 36.1. The third kappa shape index (κ3) is 8.01. The fourth-order valence-electron chi connectivity index (χ4n) is 4.97. The van der Waals surface area contributed by atoms with Crippen molar-refractivity contribution in [1.82, 2.24) is 4.90 Å². The SMILES string of the molecule is CCCCCCc1ccc2c(c1NC(=O)CCCCl)C(=O)N([C@H](CS(C)(=O)=O)c1ccc(OC)c(OCC)c1)C2=O. The number of rotatable bonds is 16. The Bertz CT molecular complexity index is 1380. The maximum atomic E-state index is 14.1. The van der Waals surface area contributed by atoms with Crippen LogP contribution in [0.1, 0.15) is 90.3 Å². The van der Waals surface area contributed by atoms with Gasteiger partial charge in [-0.25, -0.2) is 8.42 Å². The van der Waals surface area contributed by atoms with Gasteiger partial charge in [0.15, 0.2) is 11.5 Å². The van der Waals surface area contributed by atoms with Crippen LogP contribution in [0.4, 0.5) is 5.69 Å². The topological polar surface area (TPSA) is 119 Å². The molecule has 0 aliphatic carbocycles. The molecular formula is C30H39ClN2O7S. The van der Waals surface area contributed by atoms with E-state index in [4.69, 9.17) is 21.1 Å². The molecule has 0 radical (unpaired) electrons. The summed E-state index contributed by atoms with van der Waals surface area (Å²) in [5, 5.41) is 2.87. The van der Waals surface area contributed by atoms with Gasteiger partial charge in [-0.3, -0.25) is 19.3 Å². The number of fused-ring (bicyclic) bond motifs is 1. The Labute approximate surface area is 247 Å². The molecule has 3 amide bonds. The van der Waals surface area contributed by atoms with Gasteiger partial charge in [0.25, 0.3) is 11.8 Å². The molecule has 3 rings (SSSR count). The summed E-state index contributed by atoms with van der Waals surface area (Å²) in [6.07, 6.45) is 6.26. The highest BCUT2D eigenvalue weighted by Crippen LogP contribution is 2.40. The molecule has 2 aromatic carbocycles. The zero-order valence-electron chi connectivity index (χ0n) is 24.1. The summed E-state index contributed by atoms with van der Waals surface area (Å²) >= 11 is 5.78. The van der Waals surface area contributed by atoms with Gasteiger partial charge in [0, 0.05) is 18.6 Å². The van der Waals surface area contributed by atoms with Crippen LogP contribution >= 0.6 is 11.6 Å². The Morgan fingerprint density at radius 2 is 1.78 bits per heavy atom. The van der Waals surface area contributed by atoms with Gasteiger partial charge in [0.2, 0.25) is 5.91 Å². The molecule has 1 atom stereocenters. The predicted molar refractivity (Wildman–Crippen MR) is 160 cm³/mol. The Balaban J connectivity index is 2.11. The van der Waals surface area contributed by atoms with Gasteiger partial charge >= 0.3 is 0 Å². The molecule has 1 heterocycles. The number of carbonyl (C=O) groups is 3. The molecule has 0 unspecified atom stereocenters. The minimum absolute atomic E-state index is 0.0826. The van der Waals surface area contributed by atoms with Crippen LogP contribution in [0.3, 0.4) is 0 Å². The van der Waals surface area contributed by atoms with Crippen LogP contribution in [0.5, 0.6) is 11.5 Å². The Morgan fingerprint density at radius 1 is 1.02 bits per heavy atom. The average molecular weight is 607 g/mol. The van der Waals surface area contributed by atoms with Crippen LogP contribution in [-0.2, 0) is 21.1 Å². The Morgan fingerprint density at radius 3 is 2.41 bits per heavy atom. The van der Waals surface area contributed by atoms with E-state index >= 15 is 0 Å². The number of nitrogens with zero attached hydrogens (tertiary/aromatic N) is 1. The fraction of sp³-hybridized carbons (Fsp3) is 0.500. The van der Waals surface area contributed by atoms with Crippen LogP contribution in [0.15, 0.2) is 30.3 Å². The molecule has 1 aliphatic heterocycles. The highest BCUT2D eigenvalue weighted by molar-refractivity contribution is 7.90. The maximum Gasteiger partial charge on any atom is 0.264 e. The second-order valence-electron chi connectivity index (χ2n) is 10.1. The number of alkyl halides is 1. The Kier molecular flexibility index (Phi) is 11.6. The third-order valence-electron chi connectivity index (χ3n) is 6.92. The van der Waals surface area contributed by atoms with E-state index in [1.54, 1.807) is 37.3 Å². The van der Waals surface area contributed by atoms with E-state index in [1.807, 2.05) is 0 Å². The lowest BCUT2D eigenvalue weighted by Crippen LogP contribution is -2.37. The first-order valence-electron chi connectivity index (χ1n) is 13.9. The number of amides is 3. The second-order valence-corrected chi connectivity index (χ2v) is 12.7. The van der Waals surface area contributed by atoms with Crippen molar-refractivity contribution in [3.63, 3.8) is 0 Å². The van der Waals surface area contributed by atoms with Crippen molar-refractivity contribution in [3.05, 3.63) is 52.6 Å². The molecular weight excluding hydrogens is 568 g/mol. The van der Waals surface area contributed by atoms with E-state index in [0.717, 1.165) is 42.4 Å². The number of sulfone groups is 1. The number of unbranched alkanes of at least 4 members (excludes halogenated alkanes) is 3. The zero-order valence-corrected chi connectivity index (χ0v) is 25.7. The van der Waals surface area contributed by atoms with Crippen molar-refractivity contribution in [2.75, 3.05) is 36.9 Å². The number of methoxy groups -OCH3 is 1. The molecule has 0 aromatic heterocycles. The number of benzene rings is 2. The number of carbonyl (C=O) groups excluding carboxylic acids is 3. The first-order valence-corrected chi connectivity index (χ1v) is 16.5. The van der Waals surface area contributed by atoms with E-state index in [-0.39, 0.29) is 23.5 Å². The molecule has 11 heteroatoms. The van der Waals surface area contributed by atoms with E-state index in [9.17, 15) is 22.8 Å². The highest BCUT2D eigenvalue weighted by atomic mass is 35.5. The van der Waals surface area contributed by atoms with Crippen molar-refractivity contribution in [2.45, 2.75) is 64.8 Å². The van der Waals surface area contributed by atoms with Crippen LogP contribution in [0.2, 0.25) is 0 Å². The van der Waals surface area contributed by atoms with Crippen LogP contribution in [0.25, 0.3) is 0 Å². The lowest BCUT2D eigenvalue weighted by molar-refractivity contribution is -0.116. The molecule has 0 fully saturated rings. The normalized spacial score (nSPS) is 13.7. The summed E-state index contributed by atoms with van der Waals surface area (Å²) in [6.45, 7) is 4.24. The van der Waals surface area contributed by atoms with Crippen molar-refractivity contribution in [2.24, 2.45) is 0 Å². The van der Waals surface area contributed by atoms with Gasteiger partial charge in [0.1, 0.15) is 9.84 Å². The summed E-state index contributed by atoms with van der Waals surface area (Å²) in [5.41, 5.74) is 1.67. The van der Waals surface area contributed by atoms with Gasteiger partial charge in [-0.1, -0.05) is 38.3 Å². The largest absolute Gasteiger partial charge is 0.493 e. The number of hydrogen-bond acceptors (Lipinski definition) is 7. The number of imide groups is 1. The molecule has 2 aromatic rings. The third-order valence-corrected chi connectivity index (χ3v) is 8.11. The number of aryl methyl sites for hydroxylation is 1. The quantitative estimate of drug-likeness (QED) is 0.151. The smallest absolute Gasteiger partial charge is 0.264 e. The van der Waals surface area contributed by atoms with E-state index in [0.29, 0.717) is 48.1 Å². The summed E-state index contributed by atoms with van der Waals surface area (Å²) in [6, 6.07) is 7.06. The molecule has 41 heavy (non-hydrogen) atoms. The van der Waals surface area contributed by atoms with Crippen molar-refractivity contribution in [1.29, 1.82) is 0 Å². The van der Waals surface area contributed by atoms with E-state index in [1.165, 1.54) is 7.11 Å². The van der Waals surface area contributed by atoms with Gasteiger partial charge in [-0.15, -0.1) is 11.6 Å². The Hall–Kier alpha value is -3.11. The molecule has 1 aliphatic rings. The van der Waals surface area contributed by atoms with Gasteiger partial charge in [0.05, 0.1) is 42.3 Å². The van der Waals surface area contributed by atoms with Crippen LogP contribution in [-0.4, -0.2) is 62.6 Å². The lowest BCUT2D eigenvalue weighted by Gasteiger charge is -2.27. The number of nitrogens with one attached hydrogen (secondary N) is 1. The van der Waals surface area contributed by atoms with E-state index in [2.05, 4.69) is 12.2 Å². The van der Waals surface area contributed by atoms with Crippen molar-refractivity contribution in [3.8, 4) is 11.5 Å². The molecule has 0 saturated carbocycles. The monoisotopic (exact) mass is 606 g/mol. The van der Waals surface area contributed by atoms with Crippen LogP contribution in [0, 0.1) is 0 Å². The summed E-state index contributed by atoms with van der Waals surface area (Å²) in [4.78, 5) is 41.6. The predicted octanol–water partition coefficient (Wildman–Crippen LogP) is 5.56. The molecule has 0 spiro atoms. The summed E-state index contributed by atoms with van der Waals surface area (Å²) in [5.74, 6) is -0.963. The zero-order chi connectivity index (χ0) is 30.2. The molecule has 0 bridgehead atoms. The highest BCUT2D eigenvalue weighted by Gasteiger charge is 2.44. The standard InChI is InChI=1S/C30H39ClN2O7S/c1-5-7-8-9-11-20-13-15-22-27(28(20)32-26(34)12-10-17-31)30(36)33(29(22)35)23(19-41(4,37)38)21-14-16-24(39-3)25(18-21)40-6-2/h13-16,18,23H,5-12,17,19H2,1-4H3,(H,32,34)/t23-/m1/s1. The average Bonchev–Trinajstić information content (AvgIpc) is 3.18. The molecule has 1 N–H and O–H groups in total. The number of ether oxygens (including phenoxy) is 2. The van der Waals surface area contributed by atoms with E-state index < -0.39 is 33.4 Å². The van der Waals surface area contributed by atoms with Gasteiger partial charge in [-0.05, 0) is 55.5 Å². The lowest BCUT2D eigenvalue weighted by atomic mass is 9.97. The molecule has 0 saturated heterocycles. The first-order chi connectivity index (χ1) is 19.6. The van der Waals surface area contributed by atoms with Crippen molar-refractivity contribution >= 4 is 44.8 Å². The fourth-order valence-corrected chi connectivity index (χ4v) is 6.02.